The van der Waals surface area contributed by atoms with Crippen molar-refractivity contribution in [1.82, 2.24) is 4.31 Å². The van der Waals surface area contributed by atoms with Gasteiger partial charge in [0.2, 0.25) is 19.9 Å². The zero-order chi connectivity index (χ0) is 19.3. The van der Waals surface area contributed by atoms with Crippen LogP contribution in [0.2, 0.25) is 0 Å². The number of carbonyl (C=O) groups excluding carboxylic acids is 1. The molecule has 0 unspecified atom stereocenters. The van der Waals surface area contributed by atoms with Gasteiger partial charge >= 0.3 is 11.7 Å². The topological polar surface area (TPSA) is 97.8 Å². The van der Waals surface area contributed by atoms with Gasteiger partial charge < -0.3 is 4.74 Å². The Bertz CT molecular complexity index is 808. The fourth-order valence-corrected chi connectivity index (χ4v) is 5.04. The standard InChI is InChI=1S/C14H19F2NO6S2/c1-3-9-17(10-13(18)23-4-2)25(21,22)12-8-6-5-7-11(12)24(19,20)14(15)16/h5-8,14H,3-4,9-10H2,1-2H3. The molecule has 0 bridgehead atoms. The third kappa shape index (κ3) is 4.95. The second-order valence-corrected chi connectivity index (χ2v) is 8.69. The SMILES string of the molecule is CCCN(CC(=O)OCC)S(=O)(=O)c1ccccc1S(=O)(=O)C(F)F. The zero-order valence-corrected chi connectivity index (χ0v) is 15.3. The predicted molar refractivity (Wildman–Crippen MR) is 85.3 cm³/mol. The van der Waals surface area contributed by atoms with E-state index in [1.165, 1.54) is 6.07 Å². The molecule has 1 aromatic rings. The van der Waals surface area contributed by atoms with Gasteiger partial charge in [-0.15, -0.1) is 0 Å². The van der Waals surface area contributed by atoms with Crippen LogP contribution in [0.15, 0.2) is 34.1 Å². The number of alkyl halides is 2. The molecule has 1 rings (SSSR count). The summed E-state index contributed by atoms with van der Waals surface area (Å²) in [4.78, 5) is 9.83. The lowest BCUT2D eigenvalue weighted by Gasteiger charge is -2.22. The largest absolute Gasteiger partial charge is 0.465 e. The number of sulfone groups is 1. The Morgan fingerprint density at radius 3 is 2.16 bits per heavy atom. The minimum absolute atomic E-state index is 0.0369. The molecule has 0 atom stereocenters. The van der Waals surface area contributed by atoms with E-state index in [4.69, 9.17) is 4.74 Å². The first-order valence-electron chi connectivity index (χ1n) is 7.35. The summed E-state index contributed by atoms with van der Waals surface area (Å²) in [5.74, 6) is -4.60. The monoisotopic (exact) mass is 399 g/mol. The number of nitrogens with zero attached hydrogens (tertiary/aromatic N) is 1. The number of hydrogen-bond acceptors (Lipinski definition) is 6. The molecule has 0 aliphatic heterocycles. The summed E-state index contributed by atoms with van der Waals surface area (Å²) in [6, 6.07) is 4.07. The van der Waals surface area contributed by atoms with E-state index in [1.807, 2.05) is 0 Å². The molecule has 0 N–H and O–H groups in total. The number of esters is 1. The number of ether oxygens (including phenoxy) is 1. The minimum Gasteiger partial charge on any atom is -0.465 e. The Morgan fingerprint density at radius 1 is 1.12 bits per heavy atom. The van der Waals surface area contributed by atoms with Crippen molar-refractivity contribution in [3.05, 3.63) is 24.3 Å². The molecule has 0 aromatic heterocycles. The molecule has 0 aliphatic carbocycles. The van der Waals surface area contributed by atoms with E-state index in [2.05, 4.69) is 0 Å². The number of rotatable bonds is 9. The van der Waals surface area contributed by atoms with Gasteiger partial charge in [0.15, 0.2) is 0 Å². The second-order valence-electron chi connectivity index (χ2n) is 4.90. The highest BCUT2D eigenvalue weighted by molar-refractivity contribution is 7.93. The highest BCUT2D eigenvalue weighted by atomic mass is 32.2. The smallest absolute Gasteiger partial charge is 0.341 e. The third-order valence-corrected chi connectivity index (χ3v) is 6.56. The first kappa shape index (κ1) is 21.5. The first-order valence-corrected chi connectivity index (χ1v) is 10.3. The third-order valence-electron chi connectivity index (χ3n) is 3.09. The fourth-order valence-electron chi connectivity index (χ4n) is 2.02. The Balaban J connectivity index is 3.44. The normalized spacial score (nSPS) is 12.6. The van der Waals surface area contributed by atoms with Gasteiger partial charge in [-0.25, -0.2) is 16.8 Å². The van der Waals surface area contributed by atoms with Crippen LogP contribution < -0.4 is 0 Å². The van der Waals surface area contributed by atoms with Gasteiger partial charge in [-0.1, -0.05) is 19.1 Å². The molecular weight excluding hydrogens is 380 g/mol. The number of hydrogen-bond donors (Lipinski definition) is 0. The van der Waals surface area contributed by atoms with E-state index in [-0.39, 0.29) is 13.2 Å². The summed E-state index contributed by atoms with van der Waals surface area (Å²) in [6.45, 7) is 2.48. The van der Waals surface area contributed by atoms with Gasteiger partial charge in [0.05, 0.1) is 11.5 Å². The van der Waals surface area contributed by atoms with Gasteiger partial charge in [0.1, 0.15) is 11.4 Å². The molecule has 1 aromatic carbocycles. The summed E-state index contributed by atoms with van der Waals surface area (Å²) < 4.78 is 80.2. The molecule has 0 radical (unpaired) electrons. The molecule has 0 fully saturated rings. The quantitative estimate of drug-likeness (QED) is 0.586. The maximum Gasteiger partial charge on any atom is 0.341 e. The Labute approximate surface area is 145 Å². The van der Waals surface area contributed by atoms with Crippen molar-refractivity contribution in [2.45, 2.75) is 35.8 Å². The van der Waals surface area contributed by atoms with Crippen LogP contribution in [0.1, 0.15) is 20.3 Å². The molecule has 7 nitrogen and oxygen atoms in total. The van der Waals surface area contributed by atoms with Crippen LogP contribution in [0.4, 0.5) is 8.78 Å². The van der Waals surface area contributed by atoms with Crippen LogP contribution >= 0.6 is 0 Å². The van der Waals surface area contributed by atoms with Crippen molar-refractivity contribution >= 4 is 25.8 Å². The van der Waals surface area contributed by atoms with Gasteiger partial charge in [-0.2, -0.15) is 13.1 Å². The number of carbonyl (C=O) groups is 1. The van der Waals surface area contributed by atoms with Crippen LogP contribution in [0.3, 0.4) is 0 Å². The highest BCUT2D eigenvalue weighted by Gasteiger charge is 2.36. The molecule has 25 heavy (non-hydrogen) atoms. The minimum atomic E-state index is -5.13. The first-order chi connectivity index (χ1) is 11.6. The molecule has 0 aliphatic rings. The second kappa shape index (κ2) is 8.68. The number of halogens is 2. The predicted octanol–water partition coefficient (Wildman–Crippen LogP) is 1.65. The van der Waals surface area contributed by atoms with Crippen LogP contribution in [0.25, 0.3) is 0 Å². The average Bonchev–Trinajstić information content (AvgIpc) is 2.54. The fraction of sp³-hybridized carbons (Fsp3) is 0.500. The molecule has 0 spiro atoms. The van der Waals surface area contributed by atoms with E-state index >= 15 is 0 Å². The van der Waals surface area contributed by atoms with Crippen LogP contribution in [-0.4, -0.2) is 52.6 Å². The molecule has 11 heteroatoms. The van der Waals surface area contributed by atoms with E-state index in [9.17, 15) is 30.4 Å². The summed E-state index contributed by atoms with van der Waals surface area (Å²) in [5, 5.41) is 0. The molecule has 0 saturated carbocycles. The summed E-state index contributed by atoms with van der Waals surface area (Å²) >= 11 is 0. The van der Waals surface area contributed by atoms with Gasteiger partial charge in [0.25, 0.3) is 0 Å². The van der Waals surface area contributed by atoms with Crippen molar-refractivity contribution in [2.24, 2.45) is 0 Å². The molecule has 0 saturated heterocycles. The van der Waals surface area contributed by atoms with Gasteiger partial charge in [-0.3, -0.25) is 4.79 Å². The summed E-state index contributed by atoms with van der Waals surface area (Å²) in [7, 11) is -9.64. The van der Waals surface area contributed by atoms with E-state index < -0.39 is 47.9 Å². The maximum absolute atomic E-state index is 12.9. The lowest BCUT2D eigenvalue weighted by atomic mass is 10.4. The Kier molecular flexibility index (Phi) is 7.44. The van der Waals surface area contributed by atoms with Crippen molar-refractivity contribution in [1.29, 1.82) is 0 Å². The lowest BCUT2D eigenvalue weighted by Crippen LogP contribution is -2.37. The zero-order valence-electron chi connectivity index (χ0n) is 13.7. The maximum atomic E-state index is 12.9. The van der Waals surface area contributed by atoms with E-state index in [0.29, 0.717) is 10.7 Å². The Morgan fingerprint density at radius 2 is 1.68 bits per heavy atom. The molecule has 0 amide bonds. The molecule has 0 heterocycles. The van der Waals surface area contributed by atoms with Gasteiger partial charge in [-0.05, 0) is 25.5 Å². The number of sulfonamides is 1. The number of benzene rings is 1. The van der Waals surface area contributed by atoms with Crippen LogP contribution in [0, 0.1) is 0 Å². The van der Waals surface area contributed by atoms with E-state index in [0.717, 1.165) is 18.2 Å². The van der Waals surface area contributed by atoms with Crippen molar-refractivity contribution in [2.75, 3.05) is 19.7 Å². The van der Waals surface area contributed by atoms with Crippen molar-refractivity contribution in [3.63, 3.8) is 0 Å². The Hall–Kier alpha value is -1.59. The van der Waals surface area contributed by atoms with Crippen LogP contribution in [-0.2, 0) is 29.4 Å². The van der Waals surface area contributed by atoms with Crippen LogP contribution in [0.5, 0.6) is 0 Å². The summed E-state index contributed by atoms with van der Waals surface area (Å²) in [6.07, 6.45) is 0.322. The van der Waals surface area contributed by atoms with E-state index in [1.54, 1.807) is 13.8 Å². The average molecular weight is 399 g/mol. The summed E-state index contributed by atoms with van der Waals surface area (Å²) in [5.41, 5.74) is 0. The van der Waals surface area contributed by atoms with Crippen molar-refractivity contribution < 1.29 is 35.1 Å². The lowest BCUT2D eigenvalue weighted by molar-refractivity contribution is -0.143. The van der Waals surface area contributed by atoms with Gasteiger partial charge in [0, 0.05) is 6.54 Å². The molecule has 142 valence electrons. The highest BCUT2D eigenvalue weighted by Crippen LogP contribution is 2.28. The molecular formula is C14H19F2NO6S2. The van der Waals surface area contributed by atoms with Crippen molar-refractivity contribution in [3.8, 4) is 0 Å².